The lowest BCUT2D eigenvalue weighted by molar-refractivity contribution is 0.0430. The minimum absolute atomic E-state index is 0.392. The van der Waals surface area contributed by atoms with Crippen molar-refractivity contribution < 1.29 is 4.74 Å². The van der Waals surface area contributed by atoms with Crippen molar-refractivity contribution in [1.29, 1.82) is 0 Å². The van der Waals surface area contributed by atoms with Gasteiger partial charge in [0.05, 0.1) is 6.10 Å². The molecule has 0 aromatic rings. The van der Waals surface area contributed by atoms with Crippen LogP contribution in [0, 0.1) is 5.41 Å². The Labute approximate surface area is 95.8 Å². The molecule has 0 radical (unpaired) electrons. The van der Waals surface area contributed by atoms with Gasteiger partial charge in [0.1, 0.15) is 0 Å². The molecule has 0 aromatic carbocycles. The van der Waals surface area contributed by atoms with E-state index in [1.54, 1.807) is 0 Å². The van der Waals surface area contributed by atoms with Gasteiger partial charge >= 0.3 is 0 Å². The monoisotopic (exact) mass is 215 g/mol. The minimum atomic E-state index is 0.392. The number of rotatable bonds is 8. The van der Waals surface area contributed by atoms with Crippen LogP contribution < -0.4 is 5.32 Å². The SMILES string of the molecule is CCNCCCC(C)OCCC(C)(C)C. The Balaban J connectivity index is 3.29. The summed E-state index contributed by atoms with van der Waals surface area (Å²) in [4.78, 5) is 0. The summed E-state index contributed by atoms with van der Waals surface area (Å²) in [7, 11) is 0. The van der Waals surface area contributed by atoms with E-state index >= 15 is 0 Å². The molecule has 0 fully saturated rings. The minimum Gasteiger partial charge on any atom is -0.378 e. The Hall–Kier alpha value is -0.0800. The second kappa shape index (κ2) is 8.12. The van der Waals surface area contributed by atoms with Crippen LogP contribution in [0.15, 0.2) is 0 Å². The molecular formula is C13H29NO. The predicted octanol–water partition coefficient (Wildman–Crippen LogP) is 3.22. The second-order valence-electron chi connectivity index (χ2n) is 5.49. The van der Waals surface area contributed by atoms with Gasteiger partial charge in [0.15, 0.2) is 0 Å². The summed E-state index contributed by atoms with van der Waals surface area (Å²) in [6.45, 7) is 14.2. The molecule has 1 N–H and O–H groups in total. The van der Waals surface area contributed by atoms with Gasteiger partial charge in [-0.05, 0) is 44.7 Å². The topological polar surface area (TPSA) is 21.3 Å². The average Bonchev–Trinajstić information content (AvgIpc) is 2.10. The van der Waals surface area contributed by atoms with Crippen LogP contribution in [0.1, 0.15) is 53.9 Å². The molecule has 0 rings (SSSR count). The summed E-state index contributed by atoms with van der Waals surface area (Å²) >= 11 is 0. The molecule has 2 heteroatoms. The third kappa shape index (κ3) is 11.8. The van der Waals surface area contributed by atoms with Crippen LogP contribution >= 0.6 is 0 Å². The first-order valence-corrected chi connectivity index (χ1v) is 6.28. The van der Waals surface area contributed by atoms with E-state index in [0.29, 0.717) is 11.5 Å². The van der Waals surface area contributed by atoms with Crippen molar-refractivity contribution in [2.45, 2.75) is 60.0 Å². The van der Waals surface area contributed by atoms with E-state index in [9.17, 15) is 0 Å². The van der Waals surface area contributed by atoms with Crippen LogP contribution in [0.3, 0.4) is 0 Å². The van der Waals surface area contributed by atoms with Gasteiger partial charge in [0.25, 0.3) is 0 Å². The molecule has 0 spiro atoms. The maximum atomic E-state index is 5.77. The van der Waals surface area contributed by atoms with Crippen molar-refractivity contribution in [2.75, 3.05) is 19.7 Å². The lowest BCUT2D eigenvalue weighted by Crippen LogP contribution is -2.18. The molecule has 0 heterocycles. The smallest absolute Gasteiger partial charge is 0.0547 e. The lowest BCUT2D eigenvalue weighted by atomic mass is 9.93. The fourth-order valence-corrected chi connectivity index (χ4v) is 1.34. The van der Waals surface area contributed by atoms with Gasteiger partial charge in [-0.25, -0.2) is 0 Å². The Morgan fingerprint density at radius 1 is 1.27 bits per heavy atom. The molecule has 0 aliphatic rings. The lowest BCUT2D eigenvalue weighted by Gasteiger charge is -2.20. The first-order chi connectivity index (χ1) is 6.95. The number of hydrogen-bond donors (Lipinski definition) is 1. The highest BCUT2D eigenvalue weighted by Gasteiger charge is 2.10. The van der Waals surface area contributed by atoms with E-state index in [1.165, 1.54) is 6.42 Å². The Morgan fingerprint density at radius 2 is 1.93 bits per heavy atom. The first kappa shape index (κ1) is 14.9. The number of ether oxygens (including phenoxy) is 1. The molecule has 0 aliphatic carbocycles. The second-order valence-corrected chi connectivity index (χ2v) is 5.49. The third-order valence-corrected chi connectivity index (χ3v) is 2.47. The van der Waals surface area contributed by atoms with E-state index in [-0.39, 0.29) is 0 Å². The maximum absolute atomic E-state index is 5.77. The number of nitrogens with one attached hydrogen (secondary N) is 1. The fraction of sp³-hybridized carbons (Fsp3) is 1.00. The summed E-state index contributed by atoms with van der Waals surface area (Å²) in [5.74, 6) is 0. The van der Waals surface area contributed by atoms with Crippen molar-refractivity contribution >= 4 is 0 Å². The van der Waals surface area contributed by atoms with E-state index in [2.05, 4.69) is 39.9 Å². The standard InChI is InChI=1S/C13H29NO/c1-6-14-10-7-8-12(2)15-11-9-13(3,4)5/h12,14H,6-11H2,1-5H3. The first-order valence-electron chi connectivity index (χ1n) is 6.28. The van der Waals surface area contributed by atoms with Gasteiger partial charge in [-0.15, -0.1) is 0 Å². The summed E-state index contributed by atoms with van der Waals surface area (Å²) in [6.07, 6.45) is 3.93. The summed E-state index contributed by atoms with van der Waals surface area (Å²) in [5, 5.41) is 3.33. The van der Waals surface area contributed by atoms with Crippen molar-refractivity contribution in [3.63, 3.8) is 0 Å². The molecule has 1 atom stereocenters. The van der Waals surface area contributed by atoms with E-state index < -0.39 is 0 Å². The van der Waals surface area contributed by atoms with Gasteiger partial charge < -0.3 is 10.1 Å². The summed E-state index contributed by atoms with van der Waals surface area (Å²) in [5.41, 5.74) is 0.392. The predicted molar refractivity (Wildman–Crippen MR) is 67.3 cm³/mol. The zero-order chi connectivity index (χ0) is 11.7. The van der Waals surface area contributed by atoms with Crippen molar-refractivity contribution in [3.05, 3.63) is 0 Å². The Kier molecular flexibility index (Phi) is 8.07. The molecule has 0 aromatic heterocycles. The van der Waals surface area contributed by atoms with Crippen LogP contribution in [-0.4, -0.2) is 25.8 Å². The van der Waals surface area contributed by atoms with Gasteiger partial charge in [0, 0.05) is 6.61 Å². The van der Waals surface area contributed by atoms with Gasteiger partial charge in [-0.1, -0.05) is 27.7 Å². The maximum Gasteiger partial charge on any atom is 0.0547 e. The van der Waals surface area contributed by atoms with Crippen LogP contribution in [0.4, 0.5) is 0 Å². The van der Waals surface area contributed by atoms with Gasteiger partial charge in [-0.2, -0.15) is 0 Å². The average molecular weight is 215 g/mol. The van der Waals surface area contributed by atoms with E-state index in [0.717, 1.165) is 32.5 Å². The zero-order valence-electron chi connectivity index (χ0n) is 11.2. The molecule has 92 valence electrons. The molecular weight excluding hydrogens is 186 g/mol. The Morgan fingerprint density at radius 3 is 2.47 bits per heavy atom. The molecule has 0 saturated carbocycles. The third-order valence-electron chi connectivity index (χ3n) is 2.47. The molecule has 0 amide bonds. The largest absolute Gasteiger partial charge is 0.378 e. The molecule has 0 aliphatic heterocycles. The van der Waals surface area contributed by atoms with Crippen molar-refractivity contribution in [1.82, 2.24) is 5.32 Å². The quantitative estimate of drug-likeness (QED) is 0.628. The fourth-order valence-electron chi connectivity index (χ4n) is 1.34. The van der Waals surface area contributed by atoms with Crippen molar-refractivity contribution in [2.24, 2.45) is 5.41 Å². The van der Waals surface area contributed by atoms with Crippen LogP contribution in [0.5, 0.6) is 0 Å². The van der Waals surface area contributed by atoms with Crippen LogP contribution in [-0.2, 0) is 4.74 Å². The molecule has 1 unspecified atom stereocenters. The van der Waals surface area contributed by atoms with E-state index in [1.807, 2.05) is 0 Å². The zero-order valence-corrected chi connectivity index (χ0v) is 11.2. The number of hydrogen-bond acceptors (Lipinski definition) is 2. The summed E-state index contributed by atoms with van der Waals surface area (Å²) < 4.78 is 5.77. The molecule has 0 bridgehead atoms. The van der Waals surface area contributed by atoms with Gasteiger partial charge in [-0.3, -0.25) is 0 Å². The van der Waals surface area contributed by atoms with Crippen LogP contribution in [0.25, 0.3) is 0 Å². The normalized spacial score (nSPS) is 14.2. The molecule has 15 heavy (non-hydrogen) atoms. The van der Waals surface area contributed by atoms with Crippen LogP contribution in [0.2, 0.25) is 0 Å². The molecule has 2 nitrogen and oxygen atoms in total. The summed E-state index contributed by atoms with van der Waals surface area (Å²) in [6, 6.07) is 0. The van der Waals surface area contributed by atoms with Gasteiger partial charge in [0.2, 0.25) is 0 Å². The highest BCUT2D eigenvalue weighted by Crippen LogP contribution is 2.18. The Bertz CT molecular complexity index is 140. The van der Waals surface area contributed by atoms with E-state index in [4.69, 9.17) is 4.74 Å². The highest BCUT2D eigenvalue weighted by molar-refractivity contribution is 4.61. The molecule has 0 saturated heterocycles. The van der Waals surface area contributed by atoms with Crippen molar-refractivity contribution in [3.8, 4) is 0 Å². The highest BCUT2D eigenvalue weighted by atomic mass is 16.5.